The minimum atomic E-state index is -0.403. The van der Waals surface area contributed by atoms with E-state index >= 15 is 0 Å². The van der Waals surface area contributed by atoms with Crippen LogP contribution in [-0.2, 0) is 0 Å². The lowest BCUT2D eigenvalue weighted by Crippen LogP contribution is -2.58. The number of rotatable bonds is 0. The third-order valence-electron chi connectivity index (χ3n) is 1.17. The summed E-state index contributed by atoms with van der Waals surface area (Å²) in [6.07, 6.45) is 0. The van der Waals surface area contributed by atoms with Crippen molar-refractivity contribution in [1.29, 1.82) is 0 Å². The molecule has 0 bridgehead atoms. The van der Waals surface area contributed by atoms with Gasteiger partial charge in [0.25, 0.3) is 0 Å². The Morgan fingerprint density at radius 2 is 1.20 bits per heavy atom. The van der Waals surface area contributed by atoms with Gasteiger partial charge in [0.1, 0.15) is 16.6 Å². The maximum Gasteiger partial charge on any atom is 0.137 e. The fraction of sp³-hybridized carbons (Fsp3) is 1.00. The summed E-state index contributed by atoms with van der Waals surface area (Å²) in [5.74, 6) is 0. The first-order valence-electron chi connectivity index (χ1n) is 2.69. The average molecular weight is 224 g/mol. The first kappa shape index (κ1) is 9.17. The van der Waals surface area contributed by atoms with Crippen LogP contribution in [0.15, 0.2) is 0 Å². The van der Waals surface area contributed by atoms with Gasteiger partial charge < -0.3 is 0 Å². The second kappa shape index (κ2) is 3.65. The van der Waals surface area contributed by atoms with E-state index in [-0.39, 0.29) is 16.4 Å². The second-order valence-corrected chi connectivity index (χ2v) is 3.82. The average Bonchev–Trinajstić information content (AvgIpc) is 1.82. The molecule has 0 aromatic heterocycles. The highest BCUT2D eigenvalue weighted by molar-refractivity contribution is 6.35. The first-order chi connectivity index (χ1) is 4.61. The fourth-order valence-corrected chi connectivity index (χ4v) is 1.82. The van der Waals surface area contributed by atoms with Crippen molar-refractivity contribution in [3.05, 3.63) is 0 Å². The van der Waals surface area contributed by atoms with Crippen molar-refractivity contribution < 1.29 is 0 Å². The zero-order valence-electron chi connectivity index (χ0n) is 4.82. The van der Waals surface area contributed by atoms with Gasteiger partial charge in [0.05, 0.1) is 5.38 Å². The molecule has 0 saturated carbocycles. The Morgan fingerprint density at radius 1 is 0.800 bits per heavy atom. The van der Waals surface area contributed by atoms with Gasteiger partial charge in [-0.3, -0.25) is 10.6 Å². The third kappa shape index (κ3) is 2.03. The molecule has 2 atom stereocenters. The van der Waals surface area contributed by atoms with Crippen LogP contribution >= 0.6 is 46.4 Å². The maximum absolute atomic E-state index is 5.74. The Morgan fingerprint density at radius 3 is 1.60 bits per heavy atom. The Hall–Kier alpha value is 1.08. The summed E-state index contributed by atoms with van der Waals surface area (Å²) in [6.45, 7) is 0. The molecule has 2 N–H and O–H groups in total. The highest BCUT2D eigenvalue weighted by Gasteiger charge is 2.32. The van der Waals surface area contributed by atoms with Crippen LogP contribution in [-0.4, -0.2) is 22.0 Å². The Labute approximate surface area is 79.1 Å². The molecular formula is C4H6Cl4N2. The highest BCUT2D eigenvalue weighted by Crippen LogP contribution is 2.20. The van der Waals surface area contributed by atoms with Gasteiger partial charge in [0, 0.05) is 0 Å². The van der Waals surface area contributed by atoms with Crippen molar-refractivity contribution in [1.82, 2.24) is 10.6 Å². The van der Waals surface area contributed by atoms with Gasteiger partial charge in [-0.05, 0) is 0 Å². The van der Waals surface area contributed by atoms with E-state index in [0.717, 1.165) is 0 Å². The van der Waals surface area contributed by atoms with Crippen LogP contribution in [0.4, 0.5) is 0 Å². The van der Waals surface area contributed by atoms with Gasteiger partial charge in [-0.1, -0.05) is 11.6 Å². The van der Waals surface area contributed by atoms with Gasteiger partial charge in [-0.2, -0.15) is 0 Å². The van der Waals surface area contributed by atoms with E-state index in [4.69, 9.17) is 46.4 Å². The first-order valence-corrected chi connectivity index (χ1v) is 4.44. The normalized spacial score (nSPS) is 49.2. The Kier molecular flexibility index (Phi) is 3.35. The van der Waals surface area contributed by atoms with Crippen LogP contribution in [0.1, 0.15) is 0 Å². The Bertz CT molecular complexity index is 110. The summed E-state index contributed by atoms with van der Waals surface area (Å²) < 4.78 is 0. The molecule has 10 heavy (non-hydrogen) atoms. The molecule has 1 aliphatic heterocycles. The van der Waals surface area contributed by atoms with E-state index in [1.54, 1.807) is 0 Å². The quantitative estimate of drug-likeness (QED) is 0.480. The highest BCUT2D eigenvalue weighted by atomic mass is 35.5. The predicted octanol–water partition coefficient (Wildman–Crippen LogP) is 1.44. The molecule has 1 rings (SSSR count). The molecule has 0 amide bonds. The lowest BCUT2D eigenvalue weighted by molar-refractivity contribution is 0.409. The fourth-order valence-electron chi connectivity index (χ4n) is 0.660. The summed E-state index contributed by atoms with van der Waals surface area (Å²) in [6, 6.07) is 0. The molecule has 2 nitrogen and oxygen atoms in total. The lowest BCUT2D eigenvalue weighted by atomic mass is 10.3. The SMILES string of the molecule is ClC1NC(Cl)C(Cl)C(Cl)N1. The van der Waals surface area contributed by atoms with Crippen LogP contribution in [0.3, 0.4) is 0 Å². The molecule has 0 aliphatic carbocycles. The van der Waals surface area contributed by atoms with Gasteiger partial charge in [-0.25, -0.2) is 0 Å². The number of nitrogens with one attached hydrogen (secondary N) is 2. The van der Waals surface area contributed by atoms with Crippen molar-refractivity contribution in [2.24, 2.45) is 0 Å². The standard InChI is InChI=1S/C4H6Cl4N2/c5-1-2(6)9-4(8)10-3(1)7/h1-4,9-10H. The molecule has 1 fully saturated rings. The summed E-state index contributed by atoms with van der Waals surface area (Å²) in [5, 5.41) is 5.18. The van der Waals surface area contributed by atoms with E-state index in [0.29, 0.717) is 0 Å². The maximum atomic E-state index is 5.74. The van der Waals surface area contributed by atoms with Gasteiger partial charge in [0.2, 0.25) is 0 Å². The van der Waals surface area contributed by atoms with Gasteiger partial charge in [0.15, 0.2) is 0 Å². The molecule has 0 aromatic carbocycles. The topological polar surface area (TPSA) is 24.1 Å². The Balaban J connectivity index is 2.49. The van der Waals surface area contributed by atoms with Crippen LogP contribution in [0.25, 0.3) is 0 Å². The lowest BCUT2D eigenvalue weighted by Gasteiger charge is -2.32. The minimum absolute atomic E-state index is 0.349. The molecule has 6 heteroatoms. The van der Waals surface area contributed by atoms with Crippen LogP contribution < -0.4 is 10.6 Å². The third-order valence-corrected chi connectivity index (χ3v) is 2.98. The number of alkyl halides is 4. The number of hydrogen-bond donors (Lipinski definition) is 2. The zero-order chi connectivity index (χ0) is 7.72. The molecule has 60 valence electrons. The predicted molar refractivity (Wildman–Crippen MR) is 44.8 cm³/mol. The molecule has 1 saturated heterocycles. The summed E-state index contributed by atoms with van der Waals surface area (Å²) in [4.78, 5) is 0. The molecule has 2 unspecified atom stereocenters. The smallest absolute Gasteiger partial charge is 0.137 e. The van der Waals surface area contributed by atoms with Crippen molar-refractivity contribution in [2.75, 3.05) is 0 Å². The zero-order valence-corrected chi connectivity index (χ0v) is 7.84. The van der Waals surface area contributed by atoms with E-state index in [2.05, 4.69) is 10.6 Å². The van der Waals surface area contributed by atoms with Gasteiger partial charge >= 0.3 is 0 Å². The molecule has 1 heterocycles. The van der Waals surface area contributed by atoms with Crippen LogP contribution in [0, 0.1) is 0 Å². The van der Waals surface area contributed by atoms with E-state index in [9.17, 15) is 0 Å². The van der Waals surface area contributed by atoms with Crippen LogP contribution in [0.2, 0.25) is 0 Å². The van der Waals surface area contributed by atoms with Crippen molar-refractivity contribution >= 4 is 46.4 Å². The van der Waals surface area contributed by atoms with E-state index in [1.807, 2.05) is 0 Å². The van der Waals surface area contributed by atoms with Crippen molar-refractivity contribution in [3.63, 3.8) is 0 Å². The van der Waals surface area contributed by atoms with E-state index in [1.165, 1.54) is 0 Å². The molecule has 0 aromatic rings. The largest absolute Gasteiger partial charge is 0.272 e. The monoisotopic (exact) mass is 222 g/mol. The summed E-state index contributed by atoms with van der Waals surface area (Å²) in [5.41, 5.74) is -1.17. The molecule has 0 spiro atoms. The molecule has 1 aliphatic rings. The van der Waals surface area contributed by atoms with Crippen LogP contribution in [0.5, 0.6) is 0 Å². The molecule has 0 radical (unpaired) electrons. The van der Waals surface area contributed by atoms with Crippen molar-refractivity contribution in [2.45, 2.75) is 22.0 Å². The summed E-state index contributed by atoms with van der Waals surface area (Å²) >= 11 is 22.8. The number of hydrogen-bond acceptors (Lipinski definition) is 2. The van der Waals surface area contributed by atoms with Gasteiger partial charge in [-0.15, -0.1) is 34.8 Å². The second-order valence-electron chi connectivity index (χ2n) is 1.94. The molecular weight excluding hydrogens is 218 g/mol. The minimum Gasteiger partial charge on any atom is -0.272 e. The van der Waals surface area contributed by atoms with Crippen molar-refractivity contribution in [3.8, 4) is 0 Å². The number of halogens is 4. The van der Waals surface area contributed by atoms with E-state index < -0.39 is 5.62 Å². The summed E-state index contributed by atoms with van der Waals surface area (Å²) in [7, 11) is 0.